The number of nitrogens with one attached hydrogen (secondary N) is 1. The van der Waals surface area contributed by atoms with E-state index in [0.29, 0.717) is 6.54 Å². The number of benzene rings is 1. The van der Waals surface area contributed by atoms with E-state index in [-0.39, 0.29) is 18.6 Å². The molecule has 1 heterocycles. The van der Waals surface area contributed by atoms with Gasteiger partial charge in [0, 0.05) is 16.2 Å². The van der Waals surface area contributed by atoms with Gasteiger partial charge in [0.2, 0.25) is 5.91 Å². The van der Waals surface area contributed by atoms with Crippen molar-refractivity contribution >= 4 is 27.5 Å². The van der Waals surface area contributed by atoms with E-state index in [1.54, 1.807) is 0 Å². The summed E-state index contributed by atoms with van der Waals surface area (Å²) in [4.78, 5) is 14.1. The summed E-state index contributed by atoms with van der Waals surface area (Å²) in [6.45, 7) is 3.33. The molecule has 1 fully saturated rings. The second-order valence-corrected chi connectivity index (χ2v) is 5.87. The Labute approximate surface area is 121 Å². The van der Waals surface area contributed by atoms with Crippen LogP contribution in [0.3, 0.4) is 0 Å². The van der Waals surface area contributed by atoms with E-state index in [1.165, 1.54) is 0 Å². The van der Waals surface area contributed by atoms with Gasteiger partial charge in [0.15, 0.2) is 0 Å². The first kappa shape index (κ1) is 14.5. The smallest absolute Gasteiger partial charge is 0.238 e. The molecule has 5 heteroatoms. The van der Waals surface area contributed by atoms with Crippen LogP contribution in [0.1, 0.15) is 18.4 Å². The Morgan fingerprint density at radius 2 is 2.37 bits per heavy atom. The van der Waals surface area contributed by atoms with Crippen LogP contribution in [-0.4, -0.2) is 41.7 Å². The van der Waals surface area contributed by atoms with Gasteiger partial charge >= 0.3 is 0 Å². The van der Waals surface area contributed by atoms with Crippen molar-refractivity contribution in [2.45, 2.75) is 25.8 Å². The van der Waals surface area contributed by atoms with Crippen molar-refractivity contribution in [2.75, 3.05) is 25.0 Å². The number of hydrogen-bond donors (Lipinski definition) is 2. The minimum Gasteiger partial charge on any atom is -0.395 e. The Bertz CT molecular complexity index is 465. The molecule has 1 amide bonds. The minimum absolute atomic E-state index is 0.0224. The molecule has 104 valence electrons. The predicted octanol–water partition coefficient (Wildman–Crippen LogP) is 2.15. The van der Waals surface area contributed by atoms with Gasteiger partial charge < -0.3 is 10.4 Å². The molecule has 19 heavy (non-hydrogen) atoms. The zero-order valence-corrected chi connectivity index (χ0v) is 12.6. The third-order valence-electron chi connectivity index (χ3n) is 3.52. The molecule has 2 rings (SSSR count). The number of carbonyl (C=O) groups excluding carboxylic acids is 1. The summed E-state index contributed by atoms with van der Waals surface area (Å²) in [5.41, 5.74) is 1.87. The van der Waals surface area contributed by atoms with Crippen molar-refractivity contribution in [3.63, 3.8) is 0 Å². The lowest BCUT2D eigenvalue weighted by Gasteiger charge is -2.22. The lowest BCUT2D eigenvalue weighted by molar-refractivity contribution is -0.117. The van der Waals surface area contributed by atoms with E-state index in [9.17, 15) is 9.90 Å². The van der Waals surface area contributed by atoms with Gasteiger partial charge in [0.1, 0.15) is 0 Å². The molecule has 0 aliphatic carbocycles. The van der Waals surface area contributed by atoms with Crippen LogP contribution in [0.5, 0.6) is 0 Å². The highest BCUT2D eigenvalue weighted by Gasteiger charge is 2.25. The van der Waals surface area contributed by atoms with E-state index in [4.69, 9.17) is 0 Å². The SMILES string of the molecule is Cc1cc(Br)ccc1NC(=O)CN1CCC[C@@H]1CO. The maximum Gasteiger partial charge on any atom is 0.238 e. The molecule has 1 atom stereocenters. The van der Waals surface area contributed by atoms with Crippen LogP contribution in [0, 0.1) is 6.92 Å². The Morgan fingerprint density at radius 3 is 3.05 bits per heavy atom. The number of nitrogens with zero attached hydrogens (tertiary/aromatic N) is 1. The summed E-state index contributed by atoms with van der Waals surface area (Å²) in [5, 5.41) is 12.2. The molecule has 2 N–H and O–H groups in total. The molecule has 1 aliphatic heterocycles. The van der Waals surface area contributed by atoms with Gasteiger partial charge in [-0.15, -0.1) is 0 Å². The van der Waals surface area contributed by atoms with Crippen molar-refractivity contribution in [3.05, 3.63) is 28.2 Å². The van der Waals surface area contributed by atoms with Gasteiger partial charge in [-0.3, -0.25) is 9.69 Å². The van der Waals surface area contributed by atoms with E-state index >= 15 is 0 Å². The molecule has 0 aromatic heterocycles. The molecule has 1 saturated heterocycles. The van der Waals surface area contributed by atoms with Crippen LogP contribution < -0.4 is 5.32 Å². The van der Waals surface area contributed by atoms with E-state index < -0.39 is 0 Å². The first-order chi connectivity index (χ1) is 9.10. The number of rotatable bonds is 4. The largest absolute Gasteiger partial charge is 0.395 e. The second kappa shape index (κ2) is 6.50. The molecular formula is C14H19BrN2O2. The normalized spacial score (nSPS) is 19.6. The van der Waals surface area contributed by atoms with Gasteiger partial charge in [0.05, 0.1) is 13.2 Å². The zero-order chi connectivity index (χ0) is 13.8. The summed E-state index contributed by atoms with van der Waals surface area (Å²) in [7, 11) is 0. The number of aryl methyl sites for hydroxylation is 1. The van der Waals surface area contributed by atoms with E-state index in [2.05, 4.69) is 21.2 Å². The average molecular weight is 327 g/mol. The van der Waals surface area contributed by atoms with Crippen molar-refractivity contribution in [1.29, 1.82) is 0 Å². The van der Waals surface area contributed by atoms with Gasteiger partial charge in [-0.1, -0.05) is 15.9 Å². The Hall–Kier alpha value is -0.910. The summed E-state index contributed by atoms with van der Waals surface area (Å²) in [6.07, 6.45) is 2.02. The maximum atomic E-state index is 12.0. The highest BCUT2D eigenvalue weighted by molar-refractivity contribution is 9.10. The van der Waals surface area contributed by atoms with Crippen molar-refractivity contribution < 1.29 is 9.90 Å². The lowest BCUT2D eigenvalue weighted by atomic mass is 10.2. The number of anilines is 1. The fourth-order valence-corrected chi connectivity index (χ4v) is 2.93. The van der Waals surface area contributed by atoms with Gasteiger partial charge in [-0.05, 0) is 50.1 Å². The third-order valence-corrected chi connectivity index (χ3v) is 4.01. The van der Waals surface area contributed by atoms with E-state index in [0.717, 1.165) is 35.1 Å². The highest BCUT2D eigenvalue weighted by Crippen LogP contribution is 2.21. The Morgan fingerprint density at radius 1 is 1.58 bits per heavy atom. The van der Waals surface area contributed by atoms with Crippen molar-refractivity contribution in [3.8, 4) is 0 Å². The summed E-state index contributed by atoms with van der Waals surface area (Å²) in [5.74, 6) is -0.0224. The highest BCUT2D eigenvalue weighted by atomic mass is 79.9. The third kappa shape index (κ3) is 3.78. The lowest BCUT2D eigenvalue weighted by Crippen LogP contribution is -2.38. The van der Waals surface area contributed by atoms with Crippen LogP contribution in [0.25, 0.3) is 0 Å². The topological polar surface area (TPSA) is 52.6 Å². The zero-order valence-electron chi connectivity index (χ0n) is 11.0. The summed E-state index contributed by atoms with van der Waals surface area (Å²) < 4.78 is 1.00. The first-order valence-corrected chi connectivity index (χ1v) is 7.30. The molecule has 0 bridgehead atoms. The van der Waals surface area contributed by atoms with Crippen LogP contribution in [-0.2, 0) is 4.79 Å². The number of aliphatic hydroxyl groups excluding tert-OH is 1. The van der Waals surface area contributed by atoms with Crippen LogP contribution >= 0.6 is 15.9 Å². The average Bonchev–Trinajstić information content (AvgIpc) is 2.80. The monoisotopic (exact) mass is 326 g/mol. The van der Waals surface area contributed by atoms with Gasteiger partial charge in [0.25, 0.3) is 0 Å². The standard InChI is InChI=1S/C14H19BrN2O2/c1-10-7-11(15)4-5-13(10)16-14(19)8-17-6-2-3-12(17)9-18/h4-5,7,12,18H,2-3,6,8-9H2,1H3,(H,16,19)/t12-/m1/s1. The number of carbonyl (C=O) groups is 1. The van der Waals surface area contributed by atoms with Gasteiger partial charge in [-0.2, -0.15) is 0 Å². The minimum atomic E-state index is -0.0224. The Kier molecular flexibility index (Phi) is 4.96. The number of aliphatic hydroxyl groups is 1. The van der Waals surface area contributed by atoms with Crippen LogP contribution in [0.15, 0.2) is 22.7 Å². The molecule has 1 aromatic carbocycles. The quantitative estimate of drug-likeness (QED) is 0.891. The fraction of sp³-hybridized carbons (Fsp3) is 0.500. The number of amides is 1. The van der Waals surface area contributed by atoms with Crippen LogP contribution in [0.4, 0.5) is 5.69 Å². The molecule has 0 radical (unpaired) electrons. The number of likely N-dealkylation sites (tertiary alicyclic amines) is 1. The fourth-order valence-electron chi connectivity index (χ4n) is 2.45. The Balaban J connectivity index is 1.94. The number of hydrogen-bond acceptors (Lipinski definition) is 3. The summed E-state index contributed by atoms with van der Waals surface area (Å²) >= 11 is 3.40. The molecular weight excluding hydrogens is 308 g/mol. The number of halogens is 1. The molecule has 1 aromatic rings. The maximum absolute atomic E-state index is 12.0. The first-order valence-electron chi connectivity index (χ1n) is 6.51. The predicted molar refractivity (Wildman–Crippen MR) is 79.2 cm³/mol. The van der Waals surface area contributed by atoms with Gasteiger partial charge in [-0.25, -0.2) is 0 Å². The second-order valence-electron chi connectivity index (χ2n) is 4.96. The molecule has 0 saturated carbocycles. The molecule has 0 spiro atoms. The van der Waals surface area contributed by atoms with E-state index in [1.807, 2.05) is 30.0 Å². The summed E-state index contributed by atoms with van der Waals surface area (Å²) in [6, 6.07) is 5.92. The molecule has 0 unspecified atom stereocenters. The molecule has 1 aliphatic rings. The van der Waals surface area contributed by atoms with Crippen molar-refractivity contribution in [1.82, 2.24) is 4.90 Å². The molecule has 4 nitrogen and oxygen atoms in total. The van der Waals surface area contributed by atoms with Crippen molar-refractivity contribution in [2.24, 2.45) is 0 Å². The van der Waals surface area contributed by atoms with Crippen LogP contribution in [0.2, 0.25) is 0 Å².